The summed E-state index contributed by atoms with van der Waals surface area (Å²) in [7, 11) is 2.76. The zero-order valence-corrected chi connectivity index (χ0v) is 23.7. The molecule has 0 bridgehead atoms. The van der Waals surface area contributed by atoms with E-state index in [2.05, 4.69) is 25.9 Å². The summed E-state index contributed by atoms with van der Waals surface area (Å²) in [6.07, 6.45) is 5.37. The predicted octanol–water partition coefficient (Wildman–Crippen LogP) is 7.82. The smallest absolute Gasteiger partial charge is 0.417 e. The fourth-order valence-electron chi connectivity index (χ4n) is 4.64. The van der Waals surface area contributed by atoms with Gasteiger partial charge in [0.05, 0.1) is 42.3 Å². The van der Waals surface area contributed by atoms with Crippen molar-refractivity contribution in [3.05, 3.63) is 35.0 Å². The molecule has 1 aromatic carbocycles. The highest BCUT2D eigenvalue weighted by atomic mass is 19.4. The molecule has 0 spiro atoms. The van der Waals surface area contributed by atoms with Crippen LogP contribution in [0.2, 0.25) is 0 Å². The number of esters is 1. The highest BCUT2D eigenvalue weighted by Crippen LogP contribution is 2.40. The third-order valence-electron chi connectivity index (χ3n) is 6.74. The quantitative estimate of drug-likeness (QED) is 0.150. The fraction of sp³-hybridized carbons (Fsp3) is 0.655. The van der Waals surface area contributed by atoms with Gasteiger partial charge in [0.2, 0.25) is 0 Å². The monoisotopic (exact) mass is 539 g/mol. The van der Waals surface area contributed by atoms with Crippen molar-refractivity contribution < 1.29 is 27.4 Å². The zero-order chi connectivity index (χ0) is 28.5. The highest BCUT2D eigenvalue weighted by Gasteiger charge is 2.36. The van der Waals surface area contributed by atoms with Crippen LogP contribution in [0.3, 0.4) is 0 Å². The summed E-state index contributed by atoms with van der Waals surface area (Å²) < 4.78 is 53.8. The minimum Gasteiger partial charge on any atom is -0.465 e. The summed E-state index contributed by atoms with van der Waals surface area (Å²) in [5.41, 5.74) is 5.46. The third-order valence-corrected chi connectivity index (χ3v) is 6.74. The summed E-state index contributed by atoms with van der Waals surface area (Å²) in [5.74, 6) is -0.802. The first-order valence-corrected chi connectivity index (χ1v) is 13.4. The van der Waals surface area contributed by atoms with E-state index in [1.165, 1.54) is 36.8 Å². The number of carbonyl (C=O) groups is 1. The van der Waals surface area contributed by atoms with E-state index in [9.17, 15) is 18.0 Å². The topological polar surface area (TPSA) is 79.4 Å². The van der Waals surface area contributed by atoms with Gasteiger partial charge >= 0.3 is 12.1 Å². The van der Waals surface area contributed by atoms with Gasteiger partial charge in [-0.1, -0.05) is 65.7 Å². The first kappa shape index (κ1) is 31.7. The third kappa shape index (κ3) is 9.64. The fourth-order valence-corrected chi connectivity index (χ4v) is 4.64. The Balaban J connectivity index is 2.08. The first-order valence-electron chi connectivity index (χ1n) is 13.4. The van der Waals surface area contributed by atoms with Crippen molar-refractivity contribution in [2.45, 2.75) is 104 Å². The Morgan fingerprint density at radius 2 is 1.61 bits per heavy atom. The molecule has 9 heteroatoms. The number of aryl methyl sites for hydroxylation is 1. The van der Waals surface area contributed by atoms with Gasteiger partial charge in [0.15, 0.2) is 0 Å². The second-order valence-electron chi connectivity index (χ2n) is 11.3. The number of hydrogen-bond donors (Lipinski definition) is 1. The molecule has 1 atom stereocenters. The number of rotatable bonds is 14. The standard InChI is InChI=1S/C29H44F3N3O3/c1-20-16-26(22-17-23(27(36)38-6)25(33)18-24(22)29(30,31)32)35(34-20)19-21(37-5)14-12-10-8-7-9-11-13-15-28(2,3)4/h16-18,21H,7-15,19,33H2,1-6H3. The number of nitrogens with two attached hydrogens (primary N) is 1. The lowest BCUT2D eigenvalue weighted by Gasteiger charge is -2.20. The number of nitrogen functional groups attached to an aromatic ring is 1. The van der Waals surface area contributed by atoms with Gasteiger partial charge in [-0.3, -0.25) is 4.68 Å². The van der Waals surface area contributed by atoms with Crippen LogP contribution in [0.25, 0.3) is 11.3 Å². The van der Waals surface area contributed by atoms with Crippen molar-refractivity contribution in [2.24, 2.45) is 5.41 Å². The number of methoxy groups -OCH3 is 2. The number of benzene rings is 1. The number of halogens is 3. The van der Waals surface area contributed by atoms with Crippen molar-refractivity contribution in [1.82, 2.24) is 9.78 Å². The molecule has 0 aliphatic heterocycles. The van der Waals surface area contributed by atoms with Gasteiger partial charge in [0.1, 0.15) is 0 Å². The molecule has 38 heavy (non-hydrogen) atoms. The molecule has 6 nitrogen and oxygen atoms in total. The van der Waals surface area contributed by atoms with Crippen LogP contribution in [0.15, 0.2) is 18.2 Å². The Kier molecular flexibility index (Phi) is 11.7. The second-order valence-corrected chi connectivity index (χ2v) is 11.3. The molecule has 0 amide bonds. The maximum atomic E-state index is 14.0. The average molecular weight is 540 g/mol. The highest BCUT2D eigenvalue weighted by molar-refractivity contribution is 5.97. The normalized spacial score (nSPS) is 13.1. The number of alkyl halides is 3. The number of carbonyl (C=O) groups excluding carboxylic acids is 1. The molecule has 1 unspecified atom stereocenters. The molecule has 0 aliphatic carbocycles. The molecular weight excluding hydrogens is 495 g/mol. The second kappa shape index (κ2) is 14.0. The van der Waals surface area contributed by atoms with Crippen LogP contribution in [0, 0.1) is 12.3 Å². The van der Waals surface area contributed by atoms with Gasteiger partial charge < -0.3 is 15.2 Å². The summed E-state index contributed by atoms with van der Waals surface area (Å²) in [6.45, 7) is 8.84. The van der Waals surface area contributed by atoms with E-state index in [-0.39, 0.29) is 28.6 Å². The molecular formula is C29H44F3N3O3. The zero-order valence-electron chi connectivity index (χ0n) is 23.7. The van der Waals surface area contributed by atoms with E-state index in [0.717, 1.165) is 44.9 Å². The molecule has 1 heterocycles. The Morgan fingerprint density at radius 3 is 2.16 bits per heavy atom. The van der Waals surface area contributed by atoms with E-state index in [0.29, 0.717) is 17.7 Å². The molecule has 2 N–H and O–H groups in total. The van der Waals surface area contributed by atoms with Crippen molar-refractivity contribution in [2.75, 3.05) is 20.0 Å². The number of anilines is 1. The van der Waals surface area contributed by atoms with Crippen molar-refractivity contribution in [3.63, 3.8) is 0 Å². The van der Waals surface area contributed by atoms with Gasteiger partial charge in [-0.15, -0.1) is 0 Å². The van der Waals surface area contributed by atoms with E-state index in [4.69, 9.17) is 15.2 Å². The summed E-state index contributed by atoms with van der Waals surface area (Å²) in [5, 5.41) is 4.44. The van der Waals surface area contributed by atoms with Crippen LogP contribution in [0.5, 0.6) is 0 Å². The van der Waals surface area contributed by atoms with Gasteiger partial charge in [-0.25, -0.2) is 4.79 Å². The van der Waals surface area contributed by atoms with E-state index < -0.39 is 17.7 Å². The van der Waals surface area contributed by atoms with Gasteiger partial charge in [0, 0.05) is 18.4 Å². The Bertz CT molecular complexity index is 1040. The predicted molar refractivity (Wildman–Crippen MR) is 145 cm³/mol. The van der Waals surface area contributed by atoms with Crippen molar-refractivity contribution in [3.8, 4) is 11.3 Å². The first-order chi connectivity index (χ1) is 17.8. The van der Waals surface area contributed by atoms with Crippen LogP contribution in [-0.2, 0) is 22.2 Å². The number of nitrogens with zero attached hydrogens (tertiary/aromatic N) is 2. The van der Waals surface area contributed by atoms with Crippen LogP contribution < -0.4 is 5.73 Å². The molecule has 214 valence electrons. The van der Waals surface area contributed by atoms with E-state index >= 15 is 0 Å². The van der Waals surface area contributed by atoms with Crippen LogP contribution >= 0.6 is 0 Å². The average Bonchev–Trinajstić information content (AvgIpc) is 3.19. The molecule has 1 aromatic heterocycles. The summed E-state index contributed by atoms with van der Waals surface area (Å²) in [4.78, 5) is 12.2. The lowest BCUT2D eigenvalue weighted by molar-refractivity contribution is -0.137. The van der Waals surface area contributed by atoms with Crippen LogP contribution in [0.4, 0.5) is 18.9 Å². The molecule has 2 rings (SSSR count). The van der Waals surface area contributed by atoms with Crippen LogP contribution in [-0.4, -0.2) is 36.1 Å². The number of ether oxygens (including phenoxy) is 2. The number of hydrogen-bond acceptors (Lipinski definition) is 5. The Morgan fingerprint density at radius 1 is 1.00 bits per heavy atom. The van der Waals surface area contributed by atoms with Gasteiger partial charge in [-0.05, 0) is 43.4 Å². The minimum absolute atomic E-state index is 0.123. The van der Waals surface area contributed by atoms with E-state index in [1.807, 2.05) is 0 Å². The lowest BCUT2D eigenvalue weighted by Crippen LogP contribution is -2.21. The molecule has 2 aromatic rings. The van der Waals surface area contributed by atoms with Crippen molar-refractivity contribution in [1.29, 1.82) is 0 Å². The maximum absolute atomic E-state index is 14.0. The van der Waals surface area contributed by atoms with Crippen LogP contribution in [0.1, 0.15) is 100 Å². The summed E-state index contributed by atoms with van der Waals surface area (Å²) in [6, 6.07) is 3.50. The maximum Gasteiger partial charge on any atom is 0.417 e. The Hall–Kier alpha value is -2.55. The molecule has 0 fully saturated rings. The molecule has 0 radical (unpaired) electrons. The molecule has 0 aliphatic rings. The Labute approximate surface area is 225 Å². The number of unbranched alkanes of at least 4 members (excludes halogenated alkanes) is 6. The summed E-state index contributed by atoms with van der Waals surface area (Å²) >= 11 is 0. The minimum atomic E-state index is -4.67. The van der Waals surface area contributed by atoms with Gasteiger partial charge in [-0.2, -0.15) is 18.3 Å². The largest absolute Gasteiger partial charge is 0.465 e. The van der Waals surface area contributed by atoms with Gasteiger partial charge in [0.25, 0.3) is 0 Å². The van der Waals surface area contributed by atoms with E-state index in [1.54, 1.807) is 20.1 Å². The lowest BCUT2D eigenvalue weighted by atomic mass is 9.89. The SMILES string of the molecule is COC(=O)c1cc(-c2cc(C)nn2CC(CCCCCCCCCC(C)(C)C)OC)c(C(F)(F)F)cc1N. The van der Waals surface area contributed by atoms with Crippen molar-refractivity contribution >= 4 is 11.7 Å². The molecule has 0 saturated carbocycles. The number of aromatic nitrogens is 2. The molecule has 0 saturated heterocycles.